The summed E-state index contributed by atoms with van der Waals surface area (Å²) in [6, 6.07) is 0. The number of rotatable bonds is 6. The maximum Gasteiger partial charge on any atom is 0.390 e. The lowest BCUT2D eigenvalue weighted by molar-refractivity contribution is -0.130. The van der Waals surface area contributed by atoms with Crippen molar-refractivity contribution >= 4 is 10.0 Å². The fraction of sp³-hybridized carbons (Fsp3) is 0.600. The number of alkyl halides is 3. The highest BCUT2D eigenvalue weighted by Gasteiger charge is 2.34. The van der Waals surface area contributed by atoms with Gasteiger partial charge in [-0.05, 0) is 18.8 Å². The van der Waals surface area contributed by atoms with Crippen LogP contribution >= 0.6 is 0 Å². The number of piperidine rings is 1. The smallest absolute Gasteiger partial charge is 0.339 e. The van der Waals surface area contributed by atoms with Gasteiger partial charge in [0.2, 0.25) is 21.7 Å². The van der Waals surface area contributed by atoms with Gasteiger partial charge < -0.3 is 4.52 Å². The molecule has 1 aliphatic heterocycles. The van der Waals surface area contributed by atoms with E-state index in [0.717, 1.165) is 10.7 Å². The largest absolute Gasteiger partial charge is 0.390 e. The van der Waals surface area contributed by atoms with E-state index in [4.69, 9.17) is 4.52 Å². The SMILES string of the molecule is O=S(=O)(CCC(F)(F)F)N1CCCC(Cc2nc(-c3cnccn3)no2)C1. The van der Waals surface area contributed by atoms with Crippen LogP contribution in [-0.2, 0) is 16.4 Å². The van der Waals surface area contributed by atoms with E-state index in [0.29, 0.717) is 24.4 Å². The van der Waals surface area contributed by atoms with E-state index in [1.54, 1.807) is 0 Å². The van der Waals surface area contributed by atoms with Gasteiger partial charge in [-0.15, -0.1) is 0 Å². The van der Waals surface area contributed by atoms with Gasteiger partial charge in [-0.3, -0.25) is 4.98 Å². The Morgan fingerprint density at radius 2 is 2.11 bits per heavy atom. The molecule has 0 aliphatic carbocycles. The highest BCUT2D eigenvalue weighted by molar-refractivity contribution is 7.89. The molecule has 1 saturated heterocycles. The molecular formula is C15H18F3N5O3S. The van der Waals surface area contributed by atoms with E-state index in [2.05, 4.69) is 20.1 Å². The molecule has 27 heavy (non-hydrogen) atoms. The standard InChI is InChI=1S/C15H18F3N5O3S/c16-15(17,18)3-7-27(24,25)23-6-1-2-11(10-23)8-13-21-14(22-26-13)12-9-19-4-5-20-12/h4-5,9,11H,1-3,6-8,10H2. The molecule has 0 bridgehead atoms. The quantitative estimate of drug-likeness (QED) is 0.725. The van der Waals surface area contributed by atoms with Crippen LogP contribution in [0.1, 0.15) is 25.2 Å². The van der Waals surface area contributed by atoms with Crippen molar-refractivity contribution < 1.29 is 26.1 Å². The molecule has 1 fully saturated rings. The number of hydrogen-bond donors (Lipinski definition) is 0. The molecule has 2 aromatic rings. The van der Waals surface area contributed by atoms with Crippen LogP contribution < -0.4 is 0 Å². The van der Waals surface area contributed by atoms with Crippen molar-refractivity contribution in [3.8, 4) is 11.5 Å². The van der Waals surface area contributed by atoms with Gasteiger partial charge in [0.05, 0.1) is 18.4 Å². The summed E-state index contributed by atoms with van der Waals surface area (Å²) in [5.41, 5.74) is 0.451. The van der Waals surface area contributed by atoms with Crippen LogP contribution in [0.4, 0.5) is 13.2 Å². The molecule has 0 saturated carbocycles. The van der Waals surface area contributed by atoms with E-state index in [1.165, 1.54) is 18.6 Å². The molecule has 3 rings (SSSR count). The molecule has 12 heteroatoms. The van der Waals surface area contributed by atoms with Gasteiger partial charge in [0.25, 0.3) is 0 Å². The fourth-order valence-electron chi connectivity index (χ4n) is 2.92. The van der Waals surface area contributed by atoms with E-state index in [-0.39, 0.29) is 24.8 Å². The first-order chi connectivity index (χ1) is 12.7. The van der Waals surface area contributed by atoms with E-state index in [1.807, 2.05) is 0 Å². The monoisotopic (exact) mass is 405 g/mol. The van der Waals surface area contributed by atoms with Gasteiger partial charge in [0, 0.05) is 31.9 Å². The van der Waals surface area contributed by atoms with Gasteiger partial charge >= 0.3 is 6.18 Å². The van der Waals surface area contributed by atoms with E-state index < -0.39 is 28.4 Å². The van der Waals surface area contributed by atoms with Crippen LogP contribution in [0.5, 0.6) is 0 Å². The molecular weight excluding hydrogens is 387 g/mol. The Bertz CT molecular complexity index is 857. The second-order valence-corrected chi connectivity index (χ2v) is 8.44. The van der Waals surface area contributed by atoms with Crippen LogP contribution in [0.3, 0.4) is 0 Å². The Balaban J connectivity index is 1.61. The Morgan fingerprint density at radius 1 is 1.30 bits per heavy atom. The first-order valence-electron chi connectivity index (χ1n) is 8.36. The van der Waals surface area contributed by atoms with Crippen LogP contribution in [-0.4, -0.2) is 57.9 Å². The third kappa shape index (κ3) is 5.45. The number of hydrogen-bond acceptors (Lipinski definition) is 7. The minimum absolute atomic E-state index is 0.102. The zero-order chi connectivity index (χ0) is 19.5. The lowest BCUT2D eigenvalue weighted by Crippen LogP contribution is -2.42. The average Bonchev–Trinajstić information content (AvgIpc) is 3.09. The molecule has 0 N–H and O–H groups in total. The Morgan fingerprint density at radius 3 is 2.81 bits per heavy atom. The molecule has 3 heterocycles. The minimum atomic E-state index is -4.50. The summed E-state index contributed by atoms with van der Waals surface area (Å²) in [5.74, 6) is -0.422. The molecule has 1 unspecified atom stereocenters. The number of aromatic nitrogens is 4. The van der Waals surface area contributed by atoms with Crippen molar-refractivity contribution in [2.45, 2.75) is 31.9 Å². The summed E-state index contributed by atoms with van der Waals surface area (Å²) >= 11 is 0. The van der Waals surface area contributed by atoms with Crippen LogP contribution in [0.2, 0.25) is 0 Å². The fourth-order valence-corrected chi connectivity index (χ4v) is 4.52. The normalized spacial score (nSPS) is 19.3. The Labute approximate surface area is 153 Å². The third-order valence-electron chi connectivity index (χ3n) is 4.24. The molecule has 8 nitrogen and oxygen atoms in total. The lowest BCUT2D eigenvalue weighted by atomic mass is 9.96. The molecule has 0 amide bonds. The molecule has 1 atom stereocenters. The molecule has 148 valence electrons. The molecule has 1 aliphatic rings. The maximum atomic E-state index is 12.3. The zero-order valence-corrected chi connectivity index (χ0v) is 15.1. The zero-order valence-electron chi connectivity index (χ0n) is 14.3. The molecule has 0 aromatic carbocycles. The van der Waals surface area contributed by atoms with Crippen molar-refractivity contribution in [1.82, 2.24) is 24.4 Å². The second-order valence-electron chi connectivity index (χ2n) is 6.35. The van der Waals surface area contributed by atoms with Crippen molar-refractivity contribution in [3.63, 3.8) is 0 Å². The van der Waals surface area contributed by atoms with E-state index in [9.17, 15) is 21.6 Å². The Hall–Kier alpha value is -2.08. The highest BCUT2D eigenvalue weighted by Crippen LogP contribution is 2.26. The summed E-state index contributed by atoms with van der Waals surface area (Å²) < 4.78 is 67.7. The first-order valence-corrected chi connectivity index (χ1v) is 9.97. The predicted molar refractivity (Wildman–Crippen MR) is 87.8 cm³/mol. The van der Waals surface area contributed by atoms with Crippen LogP contribution in [0, 0.1) is 5.92 Å². The minimum Gasteiger partial charge on any atom is -0.339 e. The van der Waals surface area contributed by atoms with Crippen molar-refractivity contribution in [1.29, 1.82) is 0 Å². The first kappa shape index (κ1) is 19.7. The van der Waals surface area contributed by atoms with Crippen LogP contribution in [0.25, 0.3) is 11.5 Å². The Kier molecular flexibility index (Phi) is 5.75. The van der Waals surface area contributed by atoms with Crippen molar-refractivity contribution in [3.05, 3.63) is 24.5 Å². The van der Waals surface area contributed by atoms with Gasteiger partial charge in [0.15, 0.2) is 0 Å². The maximum absolute atomic E-state index is 12.3. The summed E-state index contributed by atoms with van der Waals surface area (Å²) in [6.07, 6.45) is 0.304. The summed E-state index contributed by atoms with van der Waals surface area (Å²) in [6.45, 7) is 0.369. The molecule has 2 aromatic heterocycles. The number of halogens is 3. The van der Waals surface area contributed by atoms with E-state index >= 15 is 0 Å². The van der Waals surface area contributed by atoms with Gasteiger partial charge in [-0.2, -0.15) is 18.2 Å². The molecule has 0 spiro atoms. The average molecular weight is 405 g/mol. The summed E-state index contributed by atoms with van der Waals surface area (Å²) in [5, 5.41) is 3.83. The van der Waals surface area contributed by atoms with Gasteiger partial charge in [-0.25, -0.2) is 17.7 Å². The third-order valence-corrected chi connectivity index (χ3v) is 6.08. The van der Waals surface area contributed by atoms with Gasteiger partial charge in [-0.1, -0.05) is 5.16 Å². The second kappa shape index (κ2) is 7.89. The van der Waals surface area contributed by atoms with Crippen molar-refractivity contribution in [2.24, 2.45) is 5.92 Å². The molecule has 0 radical (unpaired) electrons. The summed E-state index contributed by atoms with van der Waals surface area (Å²) in [7, 11) is -3.95. The van der Waals surface area contributed by atoms with Crippen molar-refractivity contribution in [2.75, 3.05) is 18.8 Å². The highest BCUT2D eigenvalue weighted by atomic mass is 32.2. The predicted octanol–water partition coefficient (Wildman–Crippen LogP) is 2.06. The van der Waals surface area contributed by atoms with Gasteiger partial charge in [0.1, 0.15) is 5.69 Å². The topological polar surface area (TPSA) is 102 Å². The lowest BCUT2D eigenvalue weighted by Gasteiger charge is -2.31. The number of sulfonamides is 1. The number of nitrogens with zero attached hydrogens (tertiary/aromatic N) is 5. The van der Waals surface area contributed by atoms with Crippen LogP contribution in [0.15, 0.2) is 23.1 Å². The summed E-state index contributed by atoms with van der Waals surface area (Å²) in [4.78, 5) is 12.2.